The number of urea groups is 1. The SMILES string of the molecule is COc1ccc(C2(NC(=O)NCCc3ccc(S(N)(=O)=O)cc3)CC2)cc1. The van der Waals surface area contributed by atoms with Crippen LogP contribution in [0.5, 0.6) is 5.75 Å². The number of primary sulfonamides is 1. The van der Waals surface area contributed by atoms with Crippen LogP contribution in [0.25, 0.3) is 0 Å². The molecule has 1 aliphatic carbocycles. The van der Waals surface area contributed by atoms with Gasteiger partial charge in [0.1, 0.15) is 5.75 Å². The fourth-order valence-corrected chi connectivity index (χ4v) is 3.46. The molecule has 0 saturated heterocycles. The second-order valence-electron chi connectivity index (χ2n) is 6.63. The van der Waals surface area contributed by atoms with Crippen LogP contribution in [-0.2, 0) is 22.0 Å². The van der Waals surface area contributed by atoms with Gasteiger partial charge in [-0.05, 0) is 54.7 Å². The van der Waals surface area contributed by atoms with E-state index in [1.165, 1.54) is 12.1 Å². The third kappa shape index (κ3) is 4.78. The molecule has 1 fully saturated rings. The summed E-state index contributed by atoms with van der Waals surface area (Å²) in [6.45, 7) is 0.444. The van der Waals surface area contributed by atoms with E-state index < -0.39 is 10.0 Å². The summed E-state index contributed by atoms with van der Waals surface area (Å²) in [5, 5.41) is 11.0. The number of benzene rings is 2. The average molecular weight is 389 g/mol. The highest BCUT2D eigenvalue weighted by Gasteiger charge is 2.45. The summed E-state index contributed by atoms with van der Waals surface area (Å²) in [5.74, 6) is 0.785. The highest BCUT2D eigenvalue weighted by atomic mass is 32.2. The number of amides is 2. The zero-order chi connectivity index (χ0) is 19.5. The van der Waals surface area contributed by atoms with E-state index in [-0.39, 0.29) is 16.5 Å². The van der Waals surface area contributed by atoms with Crippen LogP contribution in [0.2, 0.25) is 0 Å². The summed E-state index contributed by atoms with van der Waals surface area (Å²) >= 11 is 0. The van der Waals surface area contributed by atoms with Crippen molar-refractivity contribution in [3.05, 3.63) is 59.7 Å². The van der Waals surface area contributed by atoms with Gasteiger partial charge in [0.05, 0.1) is 17.5 Å². The molecule has 0 radical (unpaired) electrons. The second kappa shape index (κ2) is 7.58. The molecule has 2 amide bonds. The van der Waals surface area contributed by atoms with E-state index in [0.29, 0.717) is 13.0 Å². The van der Waals surface area contributed by atoms with Crippen LogP contribution in [0.15, 0.2) is 53.4 Å². The van der Waals surface area contributed by atoms with Gasteiger partial charge in [0.25, 0.3) is 0 Å². The lowest BCUT2D eigenvalue weighted by molar-refractivity contribution is 0.236. The number of rotatable bonds is 7. The van der Waals surface area contributed by atoms with Gasteiger partial charge in [0.15, 0.2) is 0 Å². The topological polar surface area (TPSA) is 111 Å². The predicted molar refractivity (Wildman–Crippen MR) is 102 cm³/mol. The normalized spacial score (nSPS) is 15.0. The second-order valence-corrected chi connectivity index (χ2v) is 8.19. The first-order valence-electron chi connectivity index (χ1n) is 8.65. The third-order valence-electron chi connectivity index (χ3n) is 4.70. The van der Waals surface area contributed by atoms with Crippen molar-refractivity contribution in [2.45, 2.75) is 29.7 Å². The monoisotopic (exact) mass is 389 g/mol. The molecule has 0 heterocycles. The van der Waals surface area contributed by atoms with Gasteiger partial charge in [-0.1, -0.05) is 24.3 Å². The van der Waals surface area contributed by atoms with Crippen molar-refractivity contribution in [3.63, 3.8) is 0 Å². The molecule has 1 saturated carbocycles. The maximum Gasteiger partial charge on any atom is 0.315 e. The molecule has 144 valence electrons. The summed E-state index contributed by atoms with van der Waals surface area (Å²) in [6, 6.07) is 13.8. The Morgan fingerprint density at radius 3 is 2.26 bits per heavy atom. The Morgan fingerprint density at radius 1 is 1.11 bits per heavy atom. The van der Waals surface area contributed by atoms with Crippen LogP contribution in [0.4, 0.5) is 4.79 Å². The molecule has 3 rings (SSSR count). The van der Waals surface area contributed by atoms with Crippen molar-refractivity contribution in [3.8, 4) is 5.75 Å². The minimum Gasteiger partial charge on any atom is -0.497 e. The number of ether oxygens (including phenoxy) is 1. The standard InChI is InChI=1S/C19H23N3O4S/c1-26-16-6-4-15(5-7-16)19(11-12-19)22-18(23)21-13-10-14-2-8-17(9-3-14)27(20,24)25/h2-9H,10-13H2,1H3,(H2,20,24,25)(H2,21,22,23). The number of carbonyl (C=O) groups is 1. The van der Waals surface area contributed by atoms with E-state index in [2.05, 4.69) is 10.6 Å². The van der Waals surface area contributed by atoms with Crippen LogP contribution >= 0.6 is 0 Å². The van der Waals surface area contributed by atoms with E-state index in [9.17, 15) is 13.2 Å². The maximum atomic E-state index is 12.2. The molecule has 0 unspecified atom stereocenters. The largest absolute Gasteiger partial charge is 0.497 e. The van der Waals surface area contributed by atoms with Crippen molar-refractivity contribution in [1.29, 1.82) is 0 Å². The Labute approximate surface area is 159 Å². The Morgan fingerprint density at radius 2 is 1.74 bits per heavy atom. The lowest BCUT2D eigenvalue weighted by Gasteiger charge is -2.19. The minimum atomic E-state index is -3.69. The lowest BCUT2D eigenvalue weighted by Crippen LogP contribution is -2.42. The highest BCUT2D eigenvalue weighted by molar-refractivity contribution is 7.89. The number of hydrogen-bond acceptors (Lipinski definition) is 4. The Kier molecular flexibility index (Phi) is 5.38. The van der Waals surface area contributed by atoms with E-state index in [4.69, 9.17) is 9.88 Å². The van der Waals surface area contributed by atoms with Crippen LogP contribution < -0.4 is 20.5 Å². The van der Waals surface area contributed by atoms with Crippen LogP contribution in [0, 0.1) is 0 Å². The first-order chi connectivity index (χ1) is 12.8. The average Bonchev–Trinajstić information content (AvgIpc) is 3.42. The van der Waals surface area contributed by atoms with Gasteiger partial charge in [-0.15, -0.1) is 0 Å². The molecular formula is C19H23N3O4S. The molecule has 0 bridgehead atoms. The molecule has 1 aliphatic rings. The smallest absolute Gasteiger partial charge is 0.315 e. The molecule has 0 spiro atoms. The number of methoxy groups -OCH3 is 1. The van der Waals surface area contributed by atoms with E-state index >= 15 is 0 Å². The first-order valence-corrected chi connectivity index (χ1v) is 10.2. The lowest BCUT2D eigenvalue weighted by atomic mass is 10.1. The zero-order valence-electron chi connectivity index (χ0n) is 15.1. The number of carbonyl (C=O) groups excluding carboxylic acids is 1. The Hall–Kier alpha value is -2.58. The number of nitrogens with two attached hydrogens (primary N) is 1. The van der Waals surface area contributed by atoms with Crippen molar-refractivity contribution in [1.82, 2.24) is 10.6 Å². The molecule has 2 aromatic rings. The van der Waals surface area contributed by atoms with Gasteiger partial charge in [-0.25, -0.2) is 18.4 Å². The van der Waals surface area contributed by atoms with Gasteiger partial charge in [-0.2, -0.15) is 0 Å². The Balaban J connectivity index is 1.49. The molecule has 0 aliphatic heterocycles. The molecule has 0 aromatic heterocycles. The Bertz CT molecular complexity index is 905. The molecule has 7 nitrogen and oxygen atoms in total. The van der Waals surface area contributed by atoms with E-state index in [1.54, 1.807) is 19.2 Å². The van der Waals surface area contributed by atoms with Crippen LogP contribution in [0.1, 0.15) is 24.0 Å². The molecule has 4 N–H and O–H groups in total. The predicted octanol–water partition coefficient (Wildman–Crippen LogP) is 1.87. The minimum absolute atomic E-state index is 0.0760. The van der Waals surface area contributed by atoms with Crippen molar-refractivity contribution in [2.24, 2.45) is 5.14 Å². The first kappa shape index (κ1) is 19.2. The zero-order valence-corrected chi connectivity index (χ0v) is 15.9. The van der Waals surface area contributed by atoms with Gasteiger partial charge in [0.2, 0.25) is 10.0 Å². The molecule has 27 heavy (non-hydrogen) atoms. The summed E-state index contributed by atoms with van der Waals surface area (Å²) in [6.07, 6.45) is 2.40. The number of nitrogens with one attached hydrogen (secondary N) is 2. The fourth-order valence-electron chi connectivity index (χ4n) is 2.95. The molecule has 0 atom stereocenters. The van der Waals surface area contributed by atoms with Gasteiger partial charge in [0, 0.05) is 6.54 Å². The van der Waals surface area contributed by atoms with Crippen molar-refractivity contribution < 1.29 is 17.9 Å². The number of sulfonamides is 1. The van der Waals surface area contributed by atoms with Gasteiger partial charge >= 0.3 is 6.03 Å². The number of hydrogen-bond donors (Lipinski definition) is 3. The summed E-state index contributed by atoms with van der Waals surface area (Å²) < 4.78 is 27.7. The molecular weight excluding hydrogens is 366 g/mol. The highest BCUT2D eigenvalue weighted by Crippen LogP contribution is 2.45. The van der Waals surface area contributed by atoms with Gasteiger partial charge < -0.3 is 15.4 Å². The van der Waals surface area contributed by atoms with Crippen LogP contribution in [0.3, 0.4) is 0 Å². The van der Waals surface area contributed by atoms with Crippen molar-refractivity contribution >= 4 is 16.1 Å². The van der Waals surface area contributed by atoms with Crippen LogP contribution in [-0.4, -0.2) is 28.1 Å². The quantitative estimate of drug-likeness (QED) is 0.671. The molecule has 8 heteroatoms. The summed E-state index contributed by atoms with van der Waals surface area (Å²) in [4.78, 5) is 12.3. The maximum absolute atomic E-state index is 12.2. The van der Waals surface area contributed by atoms with Gasteiger partial charge in [-0.3, -0.25) is 0 Å². The fraction of sp³-hybridized carbons (Fsp3) is 0.316. The summed E-state index contributed by atoms with van der Waals surface area (Å²) in [7, 11) is -2.06. The van der Waals surface area contributed by atoms with E-state index in [0.717, 1.165) is 29.7 Å². The van der Waals surface area contributed by atoms with Crippen molar-refractivity contribution in [2.75, 3.05) is 13.7 Å². The molecule has 2 aromatic carbocycles. The third-order valence-corrected chi connectivity index (χ3v) is 5.63. The summed E-state index contributed by atoms with van der Waals surface area (Å²) in [5.41, 5.74) is 1.68. The van der Waals surface area contributed by atoms with E-state index in [1.807, 2.05) is 24.3 Å².